The van der Waals surface area contributed by atoms with Crippen molar-refractivity contribution in [1.82, 2.24) is 15.4 Å². The molecular weight excluding hydrogens is 436 g/mol. The number of rotatable bonds is 7. The molecule has 0 radical (unpaired) electrons. The standard InChI is InChI=1S/C25H28N4O2.2C2H6/c1-17-28-29-22(31-17)16-25(2,3)14-8-10-18-9-7-11-19(15-18)23-24(30-4)27-21-13-6-5-12-20(21)26-23;2*1-2/h5-13,15,17,28H,14,16H2,1-4H3;2*1-2H3/b10-8+;;. The summed E-state index contributed by atoms with van der Waals surface area (Å²) in [6.07, 6.45) is 6.00. The van der Waals surface area contributed by atoms with E-state index in [1.807, 2.05) is 71.0 Å². The fraction of sp³-hybridized carbons (Fsp3) is 0.414. The van der Waals surface area contributed by atoms with Gasteiger partial charge in [-0.25, -0.2) is 9.97 Å². The Morgan fingerprint density at radius 3 is 2.31 bits per heavy atom. The molecule has 0 aliphatic carbocycles. The molecule has 1 N–H and O–H groups in total. The maximum absolute atomic E-state index is 5.67. The fourth-order valence-corrected chi connectivity index (χ4v) is 3.60. The van der Waals surface area contributed by atoms with Crippen LogP contribution < -0.4 is 10.2 Å². The Balaban J connectivity index is 0.00000103. The molecule has 2 aromatic carbocycles. The number of hydrogen-bond acceptors (Lipinski definition) is 6. The Bertz CT molecular complexity index is 1140. The molecule has 0 spiro atoms. The molecule has 188 valence electrons. The van der Waals surface area contributed by atoms with Crippen molar-refractivity contribution < 1.29 is 9.47 Å². The zero-order chi connectivity index (χ0) is 25.8. The average Bonchev–Trinajstić information content (AvgIpc) is 3.29. The minimum Gasteiger partial charge on any atom is -0.479 e. The Morgan fingerprint density at radius 2 is 1.69 bits per heavy atom. The van der Waals surface area contributed by atoms with Crippen molar-refractivity contribution in [3.63, 3.8) is 0 Å². The van der Waals surface area contributed by atoms with Crippen molar-refractivity contribution in [3.8, 4) is 17.1 Å². The van der Waals surface area contributed by atoms with Gasteiger partial charge < -0.3 is 9.47 Å². The number of nitrogens with zero attached hydrogens (tertiary/aromatic N) is 3. The molecule has 1 aromatic heterocycles. The normalized spacial score (nSPS) is 14.7. The van der Waals surface area contributed by atoms with Crippen LogP contribution in [0.5, 0.6) is 5.88 Å². The van der Waals surface area contributed by atoms with Crippen molar-refractivity contribution in [1.29, 1.82) is 0 Å². The van der Waals surface area contributed by atoms with Gasteiger partial charge in [0.25, 0.3) is 0 Å². The van der Waals surface area contributed by atoms with Crippen LogP contribution in [0.25, 0.3) is 28.4 Å². The molecule has 1 aliphatic rings. The number of aromatic nitrogens is 2. The van der Waals surface area contributed by atoms with Gasteiger partial charge in [0.1, 0.15) is 5.69 Å². The third-order valence-corrected chi connectivity index (χ3v) is 5.19. The summed E-state index contributed by atoms with van der Waals surface area (Å²) in [5.41, 5.74) is 7.49. The lowest BCUT2D eigenvalue weighted by atomic mass is 9.85. The van der Waals surface area contributed by atoms with E-state index in [4.69, 9.17) is 14.5 Å². The monoisotopic (exact) mass is 476 g/mol. The highest BCUT2D eigenvalue weighted by Crippen LogP contribution is 2.30. The number of methoxy groups -OCH3 is 1. The van der Waals surface area contributed by atoms with Gasteiger partial charge in [-0.15, -0.1) is 5.10 Å². The van der Waals surface area contributed by atoms with Crippen LogP contribution in [0.4, 0.5) is 0 Å². The van der Waals surface area contributed by atoms with Gasteiger partial charge in [-0.2, -0.15) is 0 Å². The molecule has 4 rings (SSSR count). The highest BCUT2D eigenvalue weighted by Gasteiger charge is 2.24. The lowest BCUT2D eigenvalue weighted by Gasteiger charge is -2.22. The number of benzene rings is 2. The zero-order valence-electron chi connectivity index (χ0n) is 22.4. The molecule has 3 aromatic rings. The van der Waals surface area contributed by atoms with Crippen LogP contribution in [0, 0.1) is 5.41 Å². The van der Waals surface area contributed by atoms with E-state index in [1.54, 1.807) is 7.11 Å². The van der Waals surface area contributed by atoms with E-state index >= 15 is 0 Å². The molecule has 0 saturated carbocycles. The van der Waals surface area contributed by atoms with Gasteiger partial charge in [0, 0.05) is 12.0 Å². The Labute approximate surface area is 210 Å². The molecule has 35 heavy (non-hydrogen) atoms. The molecule has 1 aliphatic heterocycles. The molecule has 0 fully saturated rings. The maximum Gasteiger partial charge on any atom is 0.240 e. The number of hydrazone groups is 1. The summed E-state index contributed by atoms with van der Waals surface area (Å²) in [6, 6.07) is 16.1. The van der Waals surface area contributed by atoms with Gasteiger partial charge in [0.15, 0.2) is 6.23 Å². The van der Waals surface area contributed by atoms with Crippen LogP contribution >= 0.6 is 0 Å². The van der Waals surface area contributed by atoms with E-state index in [1.165, 1.54) is 0 Å². The minimum absolute atomic E-state index is 0.0423. The third kappa shape index (κ3) is 7.81. The van der Waals surface area contributed by atoms with Gasteiger partial charge in [-0.05, 0) is 42.5 Å². The van der Waals surface area contributed by atoms with E-state index in [0.717, 1.165) is 46.6 Å². The van der Waals surface area contributed by atoms with E-state index in [0.29, 0.717) is 5.88 Å². The van der Waals surface area contributed by atoms with E-state index in [-0.39, 0.29) is 11.6 Å². The van der Waals surface area contributed by atoms with Crippen LogP contribution in [-0.2, 0) is 4.74 Å². The predicted molar refractivity (Wildman–Crippen MR) is 147 cm³/mol. The van der Waals surface area contributed by atoms with Gasteiger partial charge in [-0.3, -0.25) is 5.43 Å². The quantitative estimate of drug-likeness (QED) is 0.383. The average molecular weight is 477 g/mol. The fourth-order valence-electron chi connectivity index (χ4n) is 3.60. The summed E-state index contributed by atoms with van der Waals surface area (Å²) >= 11 is 0. The van der Waals surface area contributed by atoms with Gasteiger partial charge in [0.2, 0.25) is 11.8 Å². The number of fused-ring (bicyclic) bond motifs is 1. The van der Waals surface area contributed by atoms with E-state index in [2.05, 4.69) is 53.6 Å². The van der Waals surface area contributed by atoms with Crippen molar-refractivity contribution in [2.75, 3.05) is 7.11 Å². The van der Waals surface area contributed by atoms with Crippen molar-refractivity contribution in [2.45, 2.75) is 67.5 Å². The molecule has 2 heterocycles. The summed E-state index contributed by atoms with van der Waals surface area (Å²) < 4.78 is 11.2. The first-order chi connectivity index (χ1) is 16.9. The van der Waals surface area contributed by atoms with Crippen molar-refractivity contribution >= 4 is 23.0 Å². The van der Waals surface area contributed by atoms with Crippen LogP contribution in [0.3, 0.4) is 0 Å². The minimum atomic E-state index is -0.0423. The molecule has 1 unspecified atom stereocenters. The number of nitrogens with one attached hydrogen (secondary N) is 1. The molecule has 0 bridgehead atoms. The second-order valence-corrected chi connectivity index (χ2v) is 8.54. The molecule has 6 heteroatoms. The topological polar surface area (TPSA) is 68.6 Å². The Morgan fingerprint density at radius 1 is 1.00 bits per heavy atom. The first kappa shape index (κ1) is 27.8. The van der Waals surface area contributed by atoms with Gasteiger partial charge in [-0.1, -0.05) is 84.0 Å². The summed E-state index contributed by atoms with van der Waals surface area (Å²) in [5, 5.41) is 4.25. The predicted octanol–water partition coefficient (Wildman–Crippen LogP) is 7.46. The molecule has 1 atom stereocenters. The smallest absolute Gasteiger partial charge is 0.240 e. The second kappa shape index (κ2) is 13.5. The molecular formula is C29H40N4O2. The summed E-state index contributed by atoms with van der Waals surface area (Å²) in [5.74, 6) is 1.30. The molecule has 0 amide bonds. The first-order valence-electron chi connectivity index (χ1n) is 12.5. The first-order valence-corrected chi connectivity index (χ1v) is 12.5. The number of allylic oxidation sites excluding steroid dienone is 1. The lowest BCUT2D eigenvalue weighted by Crippen LogP contribution is -2.19. The van der Waals surface area contributed by atoms with Crippen molar-refractivity contribution in [2.24, 2.45) is 10.5 Å². The number of hydrogen-bond donors (Lipinski definition) is 1. The molecule has 6 nitrogen and oxygen atoms in total. The second-order valence-electron chi connectivity index (χ2n) is 8.54. The largest absolute Gasteiger partial charge is 0.479 e. The summed E-state index contributed by atoms with van der Waals surface area (Å²) in [4.78, 5) is 9.41. The van der Waals surface area contributed by atoms with Crippen LogP contribution in [-0.4, -0.2) is 29.2 Å². The van der Waals surface area contributed by atoms with Crippen LogP contribution in [0.2, 0.25) is 0 Å². The molecule has 0 saturated heterocycles. The SMILES string of the molecule is CC.CC.COc1nc2ccccc2nc1-c1cccc(/C=C/CC(C)(C)CC2=NNC(C)O2)c1. The lowest BCUT2D eigenvalue weighted by molar-refractivity contribution is 0.195. The van der Waals surface area contributed by atoms with E-state index in [9.17, 15) is 0 Å². The number of para-hydroxylation sites is 2. The third-order valence-electron chi connectivity index (χ3n) is 5.19. The van der Waals surface area contributed by atoms with Crippen LogP contribution in [0.15, 0.2) is 59.7 Å². The Hall–Kier alpha value is -3.41. The summed E-state index contributed by atoms with van der Waals surface area (Å²) in [7, 11) is 1.63. The van der Waals surface area contributed by atoms with Crippen molar-refractivity contribution in [3.05, 3.63) is 60.2 Å². The maximum atomic E-state index is 5.67. The number of ether oxygens (including phenoxy) is 2. The highest BCUT2D eigenvalue weighted by molar-refractivity contribution is 5.80. The van der Waals surface area contributed by atoms with Crippen LogP contribution in [0.1, 0.15) is 66.9 Å². The van der Waals surface area contributed by atoms with Gasteiger partial charge in [0.05, 0.1) is 18.1 Å². The highest BCUT2D eigenvalue weighted by atomic mass is 16.5. The van der Waals surface area contributed by atoms with E-state index < -0.39 is 0 Å². The zero-order valence-corrected chi connectivity index (χ0v) is 22.4. The summed E-state index contributed by atoms with van der Waals surface area (Å²) in [6.45, 7) is 14.4. The van der Waals surface area contributed by atoms with Gasteiger partial charge >= 0.3 is 0 Å². The Kier molecular flexibility index (Phi) is 10.7.